The monoisotopic (exact) mass is 262 g/mol. The van der Waals surface area contributed by atoms with Gasteiger partial charge in [0.2, 0.25) is 0 Å². The number of ether oxygens (including phenoxy) is 1. The number of hydrogen-bond acceptors (Lipinski definition) is 2. The average Bonchev–Trinajstić information content (AvgIpc) is 3.00. The van der Waals surface area contributed by atoms with Gasteiger partial charge >= 0.3 is 0 Å². The zero-order valence-electron chi connectivity index (χ0n) is 12.0. The Labute approximate surface area is 116 Å². The Morgan fingerprint density at radius 1 is 1.32 bits per heavy atom. The highest BCUT2D eigenvalue weighted by Gasteiger charge is 2.40. The largest absolute Gasteiger partial charge is 0.370 e. The minimum atomic E-state index is 0.249. The fraction of sp³-hybridized carbons (Fsp3) is 0.750. The smallest absolute Gasteiger partial charge is 0.0762 e. The summed E-state index contributed by atoms with van der Waals surface area (Å²) in [6, 6.07) is 4.33. The van der Waals surface area contributed by atoms with Crippen LogP contribution in [0.2, 0.25) is 0 Å². The van der Waals surface area contributed by atoms with E-state index in [9.17, 15) is 0 Å². The molecule has 3 heteroatoms. The van der Waals surface area contributed by atoms with E-state index in [0.29, 0.717) is 6.10 Å². The maximum atomic E-state index is 6.46. The summed E-state index contributed by atoms with van der Waals surface area (Å²) in [6.45, 7) is 1.95. The first kappa shape index (κ1) is 13.2. The molecule has 1 spiro atoms. The molecule has 3 nitrogen and oxygen atoms in total. The van der Waals surface area contributed by atoms with Crippen LogP contribution in [-0.4, -0.2) is 23.3 Å². The number of nitrogens with zero attached hydrogens (tertiary/aromatic N) is 1. The van der Waals surface area contributed by atoms with Crippen molar-refractivity contribution < 1.29 is 4.74 Å². The van der Waals surface area contributed by atoms with Gasteiger partial charge in [-0.05, 0) is 44.9 Å². The molecule has 0 aromatic carbocycles. The van der Waals surface area contributed by atoms with Crippen molar-refractivity contribution in [2.45, 2.75) is 69.7 Å². The highest BCUT2D eigenvalue weighted by Crippen LogP contribution is 2.42. The number of hydrogen-bond donors (Lipinski definition) is 1. The van der Waals surface area contributed by atoms with Gasteiger partial charge < -0.3 is 14.6 Å². The Bertz CT molecular complexity index is 407. The van der Waals surface area contributed by atoms with E-state index in [0.717, 1.165) is 13.1 Å². The minimum absolute atomic E-state index is 0.249. The molecule has 3 rings (SSSR count). The molecule has 2 heterocycles. The third kappa shape index (κ3) is 2.87. The van der Waals surface area contributed by atoms with E-state index in [1.165, 1.54) is 50.6 Å². The van der Waals surface area contributed by atoms with E-state index in [1.54, 1.807) is 0 Å². The predicted molar refractivity (Wildman–Crippen MR) is 77.1 cm³/mol. The second kappa shape index (κ2) is 5.68. The van der Waals surface area contributed by atoms with Gasteiger partial charge in [-0.15, -0.1) is 0 Å². The number of aromatic nitrogens is 1. The molecule has 1 atom stereocenters. The molecule has 1 unspecified atom stereocenters. The van der Waals surface area contributed by atoms with E-state index in [-0.39, 0.29) is 5.60 Å². The molecule has 0 bridgehead atoms. The van der Waals surface area contributed by atoms with Crippen molar-refractivity contribution in [3.63, 3.8) is 0 Å². The molecule has 1 aromatic heterocycles. The molecule has 1 saturated carbocycles. The second-order valence-corrected chi connectivity index (χ2v) is 6.20. The molecule has 0 radical (unpaired) electrons. The maximum absolute atomic E-state index is 6.46. The fourth-order valence-electron chi connectivity index (χ4n) is 3.78. The molecule has 2 aliphatic rings. The first-order valence-electron chi connectivity index (χ1n) is 7.78. The molecule has 0 amide bonds. The van der Waals surface area contributed by atoms with Gasteiger partial charge in [-0.2, -0.15) is 0 Å². The minimum Gasteiger partial charge on any atom is -0.370 e. The van der Waals surface area contributed by atoms with Gasteiger partial charge in [0.15, 0.2) is 0 Å². The van der Waals surface area contributed by atoms with E-state index in [2.05, 4.69) is 28.2 Å². The van der Waals surface area contributed by atoms with Crippen molar-refractivity contribution in [3.05, 3.63) is 24.0 Å². The van der Waals surface area contributed by atoms with Crippen LogP contribution in [0.5, 0.6) is 0 Å². The molecule has 106 valence electrons. The van der Waals surface area contributed by atoms with Crippen molar-refractivity contribution in [2.75, 3.05) is 7.05 Å². The van der Waals surface area contributed by atoms with E-state index >= 15 is 0 Å². The van der Waals surface area contributed by atoms with Gasteiger partial charge in [0.05, 0.1) is 11.7 Å². The summed E-state index contributed by atoms with van der Waals surface area (Å²) in [6.07, 6.45) is 11.8. The molecule has 1 saturated heterocycles. The third-order valence-corrected chi connectivity index (χ3v) is 4.79. The molecule has 1 aliphatic carbocycles. The lowest BCUT2D eigenvalue weighted by Gasteiger charge is -2.33. The maximum Gasteiger partial charge on any atom is 0.0762 e. The SMILES string of the molecule is CNCc1cccn1CC1CCC2(CCCCC2)O1. The van der Waals surface area contributed by atoms with Crippen LogP contribution in [0.25, 0.3) is 0 Å². The van der Waals surface area contributed by atoms with Gasteiger partial charge in [0, 0.05) is 25.0 Å². The van der Waals surface area contributed by atoms with Crippen LogP contribution in [0, 0.1) is 0 Å². The van der Waals surface area contributed by atoms with Crippen molar-refractivity contribution in [1.82, 2.24) is 9.88 Å². The lowest BCUT2D eigenvalue weighted by atomic mass is 9.83. The molecular formula is C16H26N2O. The third-order valence-electron chi connectivity index (χ3n) is 4.79. The second-order valence-electron chi connectivity index (χ2n) is 6.20. The average molecular weight is 262 g/mol. The Morgan fingerprint density at radius 2 is 2.16 bits per heavy atom. The van der Waals surface area contributed by atoms with E-state index in [1.807, 2.05) is 7.05 Å². The fourth-order valence-corrected chi connectivity index (χ4v) is 3.78. The van der Waals surface area contributed by atoms with E-state index in [4.69, 9.17) is 4.74 Å². The van der Waals surface area contributed by atoms with E-state index < -0.39 is 0 Å². The standard InChI is InChI=1S/C16H26N2O/c1-17-12-14-6-5-11-18(14)13-15-7-10-16(19-15)8-3-2-4-9-16/h5-6,11,15,17H,2-4,7-10,12-13H2,1H3. The Morgan fingerprint density at radius 3 is 2.95 bits per heavy atom. The van der Waals surface area contributed by atoms with Gasteiger partial charge in [0.1, 0.15) is 0 Å². The number of nitrogens with one attached hydrogen (secondary N) is 1. The van der Waals surface area contributed by atoms with Crippen LogP contribution in [0.3, 0.4) is 0 Å². The molecule has 2 fully saturated rings. The summed E-state index contributed by atoms with van der Waals surface area (Å²) in [7, 11) is 2.00. The van der Waals surface area contributed by atoms with Crippen LogP contribution >= 0.6 is 0 Å². The number of rotatable bonds is 4. The summed E-state index contributed by atoms with van der Waals surface area (Å²) in [5, 5.41) is 3.23. The zero-order valence-corrected chi connectivity index (χ0v) is 12.0. The highest BCUT2D eigenvalue weighted by atomic mass is 16.5. The summed E-state index contributed by atoms with van der Waals surface area (Å²) in [5.41, 5.74) is 1.61. The molecule has 19 heavy (non-hydrogen) atoms. The predicted octanol–water partition coefficient (Wildman–Crippen LogP) is 3.09. The zero-order chi connectivity index (χ0) is 13.1. The molecule has 1 aromatic rings. The van der Waals surface area contributed by atoms with Crippen molar-refractivity contribution in [2.24, 2.45) is 0 Å². The normalized spacial score (nSPS) is 26.1. The first-order valence-corrected chi connectivity index (χ1v) is 7.78. The van der Waals surface area contributed by atoms with Crippen molar-refractivity contribution in [3.8, 4) is 0 Å². The Hall–Kier alpha value is -0.800. The Kier molecular flexibility index (Phi) is 3.94. The highest BCUT2D eigenvalue weighted by molar-refractivity contribution is 5.07. The molecule has 1 N–H and O–H groups in total. The quantitative estimate of drug-likeness (QED) is 0.902. The van der Waals surface area contributed by atoms with Crippen LogP contribution in [0.4, 0.5) is 0 Å². The summed E-state index contributed by atoms with van der Waals surface area (Å²) in [4.78, 5) is 0. The topological polar surface area (TPSA) is 26.2 Å². The Balaban J connectivity index is 1.60. The summed E-state index contributed by atoms with van der Waals surface area (Å²) in [5.74, 6) is 0. The molecule has 1 aliphatic heterocycles. The van der Waals surface area contributed by atoms with Crippen LogP contribution in [-0.2, 0) is 17.8 Å². The summed E-state index contributed by atoms with van der Waals surface area (Å²) < 4.78 is 8.81. The van der Waals surface area contributed by atoms with Gasteiger partial charge in [-0.3, -0.25) is 0 Å². The first-order chi connectivity index (χ1) is 9.31. The van der Waals surface area contributed by atoms with Gasteiger partial charge in [-0.25, -0.2) is 0 Å². The van der Waals surface area contributed by atoms with Gasteiger partial charge in [-0.1, -0.05) is 19.3 Å². The van der Waals surface area contributed by atoms with Crippen molar-refractivity contribution >= 4 is 0 Å². The van der Waals surface area contributed by atoms with Gasteiger partial charge in [0.25, 0.3) is 0 Å². The van der Waals surface area contributed by atoms with Crippen molar-refractivity contribution in [1.29, 1.82) is 0 Å². The summed E-state index contributed by atoms with van der Waals surface area (Å²) >= 11 is 0. The molecular weight excluding hydrogens is 236 g/mol. The van der Waals surface area contributed by atoms with Crippen LogP contribution in [0.1, 0.15) is 50.6 Å². The van der Waals surface area contributed by atoms with Crippen LogP contribution < -0.4 is 5.32 Å². The lowest BCUT2D eigenvalue weighted by molar-refractivity contribution is -0.0681. The van der Waals surface area contributed by atoms with Crippen LogP contribution in [0.15, 0.2) is 18.3 Å². The lowest BCUT2D eigenvalue weighted by Crippen LogP contribution is -2.32.